The number of hydrogen-bond donors (Lipinski definition) is 1. The van der Waals surface area contributed by atoms with Crippen LogP contribution in [-0.4, -0.2) is 59.5 Å². The van der Waals surface area contributed by atoms with Gasteiger partial charge >= 0.3 is 5.97 Å². The first-order valence-electron chi connectivity index (χ1n) is 7.28. The third kappa shape index (κ3) is 4.07. The molecule has 1 fully saturated rings. The molecule has 1 aliphatic rings. The number of amides is 1. The standard InChI is InChI=1S/C15H22N2O4/c1-11-10-13(12(2)21-11)15(20)17-8-6-16(7-9-17)5-3-4-14(18)19/h10H,3-9H2,1-2H3,(H,18,19). The third-order valence-corrected chi connectivity index (χ3v) is 3.80. The average Bonchev–Trinajstić information content (AvgIpc) is 2.77. The van der Waals surface area contributed by atoms with Gasteiger partial charge in [-0.25, -0.2) is 0 Å². The highest BCUT2D eigenvalue weighted by atomic mass is 16.4. The Morgan fingerprint density at radius 2 is 1.90 bits per heavy atom. The lowest BCUT2D eigenvalue weighted by Crippen LogP contribution is -2.48. The van der Waals surface area contributed by atoms with Crippen LogP contribution in [0, 0.1) is 13.8 Å². The normalized spacial score (nSPS) is 16.2. The van der Waals surface area contributed by atoms with Crippen LogP contribution in [0.4, 0.5) is 0 Å². The van der Waals surface area contributed by atoms with Gasteiger partial charge in [-0.3, -0.25) is 14.5 Å². The lowest BCUT2D eigenvalue weighted by atomic mass is 10.2. The molecule has 1 aromatic rings. The quantitative estimate of drug-likeness (QED) is 0.891. The Morgan fingerprint density at radius 1 is 1.24 bits per heavy atom. The number of carboxylic acids is 1. The van der Waals surface area contributed by atoms with Crippen molar-refractivity contribution in [1.29, 1.82) is 0 Å². The van der Waals surface area contributed by atoms with Crippen molar-refractivity contribution in [3.63, 3.8) is 0 Å². The second-order valence-electron chi connectivity index (χ2n) is 5.46. The van der Waals surface area contributed by atoms with Crippen LogP contribution in [0.5, 0.6) is 0 Å². The van der Waals surface area contributed by atoms with E-state index in [-0.39, 0.29) is 12.3 Å². The van der Waals surface area contributed by atoms with E-state index in [2.05, 4.69) is 4.90 Å². The van der Waals surface area contributed by atoms with Crippen molar-refractivity contribution in [2.24, 2.45) is 0 Å². The molecule has 6 heteroatoms. The molecule has 0 aromatic carbocycles. The summed E-state index contributed by atoms with van der Waals surface area (Å²) in [5, 5.41) is 8.63. The molecule has 0 saturated carbocycles. The van der Waals surface area contributed by atoms with Crippen LogP contribution in [0.25, 0.3) is 0 Å². The molecule has 1 aromatic heterocycles. The number of furan rings is 1. The van der Waals surface area contributed by atoms with E-state index in [9.17, 15) is 9.59 Å². The molecule has 116 valence electrons. The number of carboxylic acid groups (broad SMARTS) is 1. The molecular weight excluding hydrogens is 272 g/mol. The van der Waals surface area contributed by atoms with Gasteiger partial charge in [0.2, 0.25) is 0 Å². The minimum atomic E-state index is -0.755. The predicted octanol–water partition coefficient (Wildman–Crippen LogP) is 1.52. The zero-order valence-corrected chi connectivity index (χ0v) is 12.6. The van der Waals surface area contributed by atoms with E-state index < -0.39 is 5.97 Å². The largest absolute Gasteiger partial charge is 0.481 e. The molecule has 0 unspecified atom stereocenters. The Labute approximate surface area is 124 Å². The minimum Gasteiger partial charge on any atom is -0.481 e. The summed E-state index contributed by atoms with van der Waals surface area (Å²) in [6.45, 7) is 7.36. The molecule has 1 aliphatic heterocycles. The number of carbonyl (C=O) groups excluding carboxylic acids is 1. The fourth-order valence-electron chi connectivity index (χ4n) is 2.64. The molecule has 2 rings (SSSR count). The number of rotatable bonds is 5. The number of carbonyl (C=O) groups is 2. The van der Waals surface area contributed by atoms with Crippen molar-refractivity contribution >= 4 is 11.9 Å². The maximum absolute atomic E-state index is 12.4. The lowest BCUT2D eigenvalue weighted by Gasteiger charge is -2.34. The van der Waals surface area contributed by atoms with Crippen molar-refractivity contribution in [3.8, 4) is 0 Å². The molecule has 0 atom stereocenters. The summed E-state index contributed by atoms with van der Waals surface area (Å²) >= 11 is 0. The second kappa shape index (κ2) is 6.76. The first-order valence-corrected chi connectivity index (χ1v) is 7.28. The van der Waals surface area contributed by atoms with Crippen LogP contribution in [0.3, 0.4) is 0 Å². The molecule has 1 N–H and O–H groups in total. The SMILES string of the molecule is Cc1cc(C(=O)N2CCN(CCCC(=O)O)CC2)c(C)o1. The first kappa shape index (κ1) is 15.6. The summed E-state index contributed by atoms with van der Waals surface area (Å²) in [6.07, 6.45) is 0.857. The number of nitrogens with zero attached hydrogens (tertiary/aromatic N) is 2. The minimum absolute atomic E-state index is 0.0227. The zero-order chi connectivity index (χ0) is 15.4. The van der Waals surface area contributed by atoms with Crippen LogP contribution >= 0.6 is 0 Å². The topological polar surface area (TPSA) is 74.0 Å². The number of piperazine rings is 1. The highest BCUT2D eigenvalue weighted by Gasteiger charge is 2.24. The Bertz CT molecular complexity index is 516. The molecule has 0 radical (unpaired) electrons. The maximum atomic E-state index is 12.4. The van der Waals surface area contributed by atoms with Gasteiger partial charge in [0, 0.05) is 32.6 Å². The van der Waals surface area contributed by atoms with Gasteiger partial charge in [-0.05, 0) is 32.9 Å². The predicted molar refractivity (Wildman–Crippen MR) is 77.4 cm³/mol. The summed E-state index contributed by atoms with van der Waals surface area (Å²) in [6, 6.07) is 1.79. The lowest BCUT2D eigenvalue weighted by molar-refractivity contribution is -0.137. The fraction of sp³-hybridized carbons (Fsp3) is 0.600. The van der Waals surface area contributed by atoms with Crippen LogP contribution in [0.1, 0.15) is 34.7 Å². The third-order valence-electron chi connectivity index (χ3n) is 3.80. The molecule has 0 spiro atoms. The van der Waals surface area contributed by atoms with Crippen LogP contribution in [0.2, 0.25) is 0 Å². The van der Waals surface area contributed by atoms with E-state index in [4.69, 9.17) is 9.52 Å². The molecule has 0 aliphatic carbocycles. The van der Waals surface area contributed by atoms with Crippen molar-refractivity contribution in [3.05, 3.63) is 23.2 Å². The van der Waals surface area contributed by atoms with Gasteiger partial charge in [0.05, 0.1) is 5.56 Å². The van der Waals surface area contributed by atoms with Gasteiger partial charge in [-0.2, -0.15) is 0 Å². The van der Waals surface area contributed by atoms with E-state index in [1.165, 1.54) is 0 Å². The number of aryl methyl sites for hydroxylation is 2. The maximum Gasteiger partial charge on any atom is 0.303 e. The van der Waals surface area contributed by atoms with Gasteiger partial charge in [0.15, 0.2) is 0 Å². The number of hydrogen-bond acceptors (Lipinski definition) is 4. The highest BCUT2D eigenvalue weighted by Crippen LogP contribution is 2.17. The highest BCUT2D eigenvalue weighted by molar-refractivity contribution is 5.95. The second-order valence-corrected chi connectivity index (χ2v) is 5.46. The summed E-state index contributed by atoms with van der Waals surface area (Å²) in [5.74, 6) is 0.689. The van der Waals surface area contributed by atoms with Crippen LogP contribution in [-0.2, 0) is 4.79 Å². The molecular formula is C15H22N2O4. The summed E-state index contributed by atoms with van der Waals surface area (Å²) < 4.78 is 5.41. The van der Waals surface area contributed by atoms with E-state index in [0.29, 0.717) is 30.8 Å². The molecule has 6 nitrogen and oxygen atoms in total. The van der Waals surface area contributed by atoms with Gasteiger partial charge in [0.25, 0.3) is 5.91 Å². The summed E-state index contributed by atoms with van der Waals surface area (Å²) in [4.78, 5) is 27.0. The molecule has 0 bridgehead atoms. The Morgan fingerprint density at radius 3 is 2.43 bits per heavy atom. The number of aliphatic carboxylic acids is 1. The molecule has 2 heterocycles. The van der Waals surface area contributed by atoms with Gasteiger partial charge in [0.1, 0.15) is 11.5 Å². The van der Waals surface area contributed by atoms with Crippen LogP contribution < -0.4 is 0 Å². The van der Waals surface area contributed by atoms with Crippen molar-refractivity contribution in [2.45, 2.75) is 26.7 Å². The van der Waals surface area contributed by atoms with E-state index >= 15 is 0 Å². The van der Waals surface area contributed by atoms with Crippen LogP contribution in [0.15, 0.2) is 10.5 Å². The monoisotopic (exact) mass is 294 g/mol. The van der Waals surface area contributed by atoms with E-state index in [0.717, 1.165) is 25.4 Å². The Hall–Kier alpha value is -1.82. The first-order chi connectivity index (χ1) is 9.97. The summed E-state index contributed by atoms with van der Waals surface area (Å²) in [7, 11) is 0. The Kier molecular flexibility index (Phi) is 5.01. The van der Waals surface area contributed by atoms with Gasteiger partial charge < -0.3 is 14.4 Å². The summed E-state index contributed by atoms with van der Waals surface area (Å²) in [5.41, 5.74) is 0.645. The molecule has 1 amide bonds. The van der Waals surface area contributed by atoms with E-state index in [1.54, 1.807) is 6.07 Å². The molecule has 21 heavy (non-hydrogen) atoms. The van der Waals surface area contributed by atoms with Crippen molar-refractivity contribution in [2.75, 3.05) is 32.7 Å². The van der Waals surface area contributed by atoms with Crippen molar-refractivity contribution < 1.29 is 19.1 Å². The van der Waals surface area contributed by atoms with Crippen molar-refractivity contribution in [1.82, 2.24) is 9.80 Å². The van der Waals surface area contributed by atoms with Gasteiger partial charge in [-0.1, -0.05) is 0 Å². The fourth-order valence-corrected chi connectivity index (χ4v) is 2.64. The Balaban J connectivity index is 1.82. The smallest absolute Gasteiger partial charge is 0.303 e. The van der Waals surface area contributed by atoms with E-state index in [1.807, 2.05) is 18.7 Å². The zero-order valence-electron chi connectivity index (χ0n) is 12.6. The average molecular weight is 294 g/mol. The van der Waals surface area contributed by atoms with Gasteiger partial charge in [-0.15, -0.1) is 0 Å². The molecule has 1 saturated heterocycles.